The van der Waals surface area contributed by atoms with Gasteiger partial charge >= 0.3 is 0 Å². The van der Waals surface area contributed by atoms with Gasteiger partial charge in [0.25, 0.3) is 0 Å². The summed E-state index contributed by atoms with van der Waals surface area (Å²) < 4.78 is 27.6. The molecule has 0 heterocycles. The van der Waals surface area contributed by atoms with Crippen LogP contribution in [-0.2, 0) is 0 Å². The third-order valence-electron chi connectivity index (χ3n) is 3.39. The summed E-state index contributed by atoms with van der Waals surface area (Å²) in [5, 5.41) is 3.46. The molecule has 1 unspecified atom stereocenters. The van der Waals surface area contributed by atoms with Crippen molar-refractivity contribution in [1.29, 1.82) is 0 Å². The van der Waals surface area contributed by atoms with Crippen molar-refractivity contribution < 1.29 is 8.78 Å². The Morgan fingerprint density at radius 3 is 2.52 bits per heavy atom. The van der Waals surface area contributed by atoms with Crippen LogP contribution in [0.15, 0.2) is 36.4 Å². The van der Waals surface area contributed by atoms with E-state index in [1.807, 2.05) is 6.07 Å². The summed E-state index contributed by atoms with van der Waals surface area (Å²) >= 11 is 2.14. The van der Waals surface area contributed by atoms with Gasteiger partial charge < -0.3 is 5.32 Å². The highest BCUT2D eigenvalue weighted by Crippen LogP contribution is 2.28. The molecule has 0 aromatic heterocycles. The van der Waals surface area contributed by atoms with E-state index in [1.165, 1.54) is 18.2 Å². The van der Waals surface area contributed by atoms with Crippen molar-refractivity contribution in [3.8, 4) is 0 Å². The molecule has 2 rings (SSSR count). The largest absolute Gasteiger partial charge is 0.306 e. The maximum atomic E-state index is 13.5. The molecule has 0 bridgehead atoms. The van der Waals surface area contributed by atoms with Crippen LogP contribution in [0.4, 0.5) is 8.78 Å². The van der Waals surface area contributed by atoms with E-state index in [9.17, 15) is 8.78 Å². The Bertz CT molecular complexity index is 628. The number of rotatable bonds is 5. The van der Waals surface area contributed by atoms with Crippen molar-refractivity contribution in [2.24, 2.45) is 0 Å². The van der Waals surface area contributed by atoms with Crippen molar-refractivity contribution in [1.82, 2.24) is 5.32 Å². The SMILES string of the molecule is CCCNC(c1ccc(F)c(C)c1)c1ccc(F)cc1I. The molecule has 4 heteroatoms. The maximum Gasteiger partial charge on any atom is 0.126 e. The third-order valence-corrected chi connectivity index (χ3v) is 4.32. The molecule has 1 N–H and O–H groups in total. The zero-order valence-electron chi connectivity index (χ0n) is 12.1. The molecular formula is C17H18F2IN. The van der Waals surface area contributed by atoms with E-state index in [1.54, 1.807) is 19.1 Å². The normalized spacial score (nSPS) is 12.4. The second-order valence-electron chi connectivity index (χ2n) is 5.06. The molecule has 2 aromatic rings. The van der Waals surface area contributed by atoms with Gasteiger partial charge in [0, 0.05) is 3.57 Å². The Hall–Kier alpha value is -1.01. The molecule has 0 fully saturated rings. The first-order chi connectivity index (χ1) is 10.0. The second-order valence-corrected chi connectivity index (χ2v) is 6.22. The number of hydrogen-bond donors (Lipinski definition) is 1. The Balaban J connectivity index is 2.44. The Morgan fingerprint density at radius 2 is 1.90 bits per heavy atom. The topological polar surface area (TPSA) is 12.0 Å². The van der Waals surface area contributed by atoms with Gasteiger partial charge in [-0.1, -0.05) is 25.1 Å². The molecule has 0 aliphatic heterocycles. The lowest BCUT2D eigenvalue weighted by atomic mass is 9.97. The lowest BCUT2D eigenvalue weighted by molar-refractivity contribution is 0.584. The van der Waals surface area contributed by atoms with E-state index in [0.717, 1.165) is 27.7 Å². The third kappa shape index (κ3) is 4.01. The molecule has 0 aliphatic carbocycles. The summed E-state index contributed by atoms with van der Waals surface area (Å²) in [6.45, 7) is 4.69. The molecule has 0 saturated heterocycles. The van der Waals surface area contributed by atoms with Crippen LogP contribution in [0.3, 0.4) is 0 Å². The fourth-order valence-corrected chi connectivity index (χ4v) is 3.07. The zero-order valence-corrected chi connectivity index (χ0v) is 14.2. The van der Waals surface area contributed by atoms with Gasteiger partial charge in [-0.2, -0.15) is 0 Å². The average Bonchev–Trinajstić information content (AvgIpc) is 2.44. The molecule has 0 aliphatic rings. The summed E-state index contributed by atoms with van der Waals surface area (Å²) in [5.41, 5.74) is 2.62. The summed E-state index contributed by atoms with van der Waals surface area (Å²) in [7, 11) is 0. The minimum absolute atomic E-state index is 0.0586. The van der Waals surface area contributed by atoms with Gasteiger partial charge in [0.2, 0.25) is 0 Å². The minimum atomic E-state index is -0.243. The lowest BCUT2D eigenvalue weighted by Crippen LogP contribution is -2.24. The quantitative estimate of drug-likeness (QED) is 0.698. The number of aryl methyl sites for hydroxylation is 1. The first-order valence-electron chi connectivity index (χ1n) is 6.97. The summed E-state index contributed by atoms with van der Waals surface area (Å²) in [6, 6.07) is 9.85. The standard InChI is InChI=1S/C17H18F2IN/c1-3-8-21-17(12-4-7-15(19)11(2)9-12)14-6-5-13(18)10-16(14)20/h4-7,9-10,17,21H,3,8H2,1-2H3. The van der Waals surface area contributed by atoms with E-state index in [-0.39, 0.29) is 17.7 Å². The van der Waals surface area contributed by atoms with Crippen molar-refractivity contribution in [2.45, 2.75) is 26.3 Å². The monoisotopic (exact) mass is 401 g/mol. The van der Waals surface area contributed by atoms with Crippen LogP contribution in [0.5, 0.6) is 0 Å². The molecule has 1 nitrogen and oxygen atoms in total. The number of halogens is 3. The van der Waals surface area contributed by atoms with Crippen molar-refractivity contribution in [2.75, 3.05) is 6.54 Å². The fraction of sp³-hybridized carbons (Fsp3) is 0.294. The zero-order chi connectivity index (χ0) is 15.4. The first-order valence-corrected chi connectivity index (χ1v) is 8.05. The van der Waals surface area contributed by atoms with Crippen LogP contribution in [0, 0.1) is 22.1 Å². The van der Waals surface area contributed by atoms with E-state index in [2.05, 4.69) is 34.8 Å². The van der Waals surface area contributed by atoms with Crippen molar-refractivity contribution >= 4 is 22.6 Å². The molecular weight excluding hydrogens is 383 g/mol. The average molecular weight is 401 g/mol. The van der Waals surface area contributed by atoms with E-state index < -0.39 is 0 Å². The number of benzene rings is 2. The molecule has 112 valence electrons. The summed E-state index contributed by atoms with van der Waals surface area (Å²) in [5.74, 6) is -0.450. The second kappa shape index (κ2) is 7.31. The molecule has 0 saturated carbocycles. The van der Waals surface area contributed by atoms with Crippen LogP contribution in [0.25, 0.3) is 0 Å². The van der Waals surface area contributed by atoms with Gasteiger partial charge in [-0.05, 0) is 77.4 Å². The smallest absolute Gasteiger partial charge is 0.126 e. The van der Waals surface area contributed by atoms with Gasteiger partial charge in [-0.15, -0.1) is 0 Å². The van der Waals surface area contributed by atoms with Crippen LogP contribution < -0.4 is 5.32 Å². The number of hydrogen-bond acceptors (Lipinski definition) is 1. The van der Waals surface area contributed by atoms with Gasteiger partial charge in [0.05, 0.1) is 6.04 Å². The van der Waals surface area contributed by atoms with Crippen LogP contribution >= 0.6 is 22.6 Å². The first kappa shape index (κ1) is 16.4. The highest BCUT2D eigenvalue weighted by atomic mass is 127. The molecule has 21 heavy (non-hydrogen) atoms. The molecule has 0 amide bonds. The van der Waals surface area contributed by atoms with Gasteiger partial charge in [0.15, 0.2) is 0 Å². The Morgan fingerprint density at radius 1 is 1.14 bits per heavy atom. The van der Waals surface area contributed by atoms with Crippen molar-refractivity contribution in [3.63, 3.8) is 0 Å². The molecule has 1 atom stereocenters. The van der Waals surface area contributed by atoms with Crippen LogP contribution in [0.2, 0.25) is 0 Å². The lowest BCUT2D eigenvalue weighted by Gasteiger charge is -2.21. The van der Waals surface area contributed by atoms with Gasteiger partial charge in [-0.3, -0.25) is 0 Å². The van der Waals surface area contributed by atoms with E-state index >= 15 is 0 Å². The molecule has 0 radical (unpaired) electrons. The Labute approximate surface area is 137 Å². The summed E-state index contributed by atoms with van der Waals surface area (Å²) in [6.07, 6.45) is 0.994. The number of nitrogens with one attached hydrogen (secondary N) is 1. The van der Waals surface area contributed by atoms with E-state index in [0.29, 0.717) is 5.56 Å². The van der Waals surface area contributed by atoms with Crippen LogP contribution in [0.1, 0.15) is 36.1 Å². The van der Waals surface area contributed by atoms with Crippen molar-refractivity contribution in [3.05, 3.63) is 68.3 Å². The molecule has 0 spiro atoms. The summed E-state index contributed by atoms with van der Waals surface area (Å²) in [4.78, 5) is 0. The van der Waals surface area contributed by atoms with Crippen LogP contribution in [-0.4, -0.2) is 6.54 Å². The van der Waals surface area contributed by atoms with Gasteiger partial charge in [0.1, 0.15) is 11.6 Å². The minimum Gasteiger partial charge on any atom is -0.306 e. The predicted octanol–water partition coefficient (Wildman–Crippen LogP) is 4.97. The fourth-order valence-electron chi connectivity index (χ4n) is 2.28. The van der Waals surface area contributed by atoms with Gasteiger partial charge in [-0.25, -0.2) is 8.78 Å². The maximum absolute atomic E-state index is 13.5. The highest BCUT2D eigenvalue weighted by Gasteiger charge is 2.17. The van der Waals surface area contributed by atoms with E-state index in [4.69, 9.17) is 0 Å². The molecule has 2 aromatic carbocycles. The Kier molecular flexibility index (Phi) is 5.70. The predicted molar refractivity (Wildman–Crippen MR) is 90.4 cm³/mol. The highest BCUT2D eigenvalue weighted by molar-refractivity contribution is 14.1.